The molecule has 1 N–H and O–H groups in total. The largest absolute Gasteiger partial charge is 0.354 e. The van der Waals surface area contributed by atoms with Crippen molar-refractivity contribution < 1.29 is 18.0 Å². The number of piperazine rings is 2. The highest BCUT2D eigenvalue weighted by Gasteiger charge is 2.30. The van der Waals surface area contributed by atoms with Gasteiger partial charge in [0.1, 0.15) is 0 Å². The van der Waals surface area contributed by atoms with Gasteiger partial charge in [0.2, 0.25) is 15.9 Å². The Bertz CT molecular complexity index is 1080. The molecule has 0 radical (unpaired) electrons. The molecule has 0 bridgehead atoms. The van der Waals surface area contributed by atoms with E-state index in [2.05, 4.69) is 20.6 Å². The molecule has 2 aromatic rings. The first kappa shape index (κ1) is 21.9. The third-order valence-corrected chi connectivity index (χ3v) is 8.10. The van der Waals surface area contributed by atoms with E-state index in [0.29, 0.717) is 18.7 Å². The molecule has 166 valence electrons. The van der Waals surface area contributed by atoms with Gasteiger partial charge in [-0.05, 0) is 25.1 Å². The standard InChI is InChI=1S/C20H25N5O4S2/c1-15-22-17(14-30-15)12-23-7-9-24(10-8-23)20(27)16-3-2-4-18(11-16)31(28,29)25-6-5-21-19(26)13-25/h2-4,11,14H,5-10,12-13H2,1H3,(H,21,26). The predicted molar refractivity (Wildman–Crippen MR) is 116 cm³/mol. The molecule has 9 nitrogen and oxygen atoms in total. The second kappa shape index (κ2) is 9.03. The summed E-state index contributed by atoms with van der Waals surface area (Å²) in [5, 5.41) is 5.72. The lowest BCUT2D eigenvalue weighted by atomic mass is 10.2. The zero-order valence-electron chi connectivity index (χ0n) is 17.3. The average molecular weight is 464 g/mol. The van der Waals surface area contributed by atoms with E-state index in [0.717, 1.165) is 34.6 Å². The Morgan fingerprint density at radius 2 is 1.97 bits per heavy atom. The second-order valence-electron chi connectivity index (χ2n) is 7.64. The highest BCUT2D eigenvalue weighted by atomic mass is 32.2. The SMILES string of the molecule is Cc1nc(CN2CCN(C(=O)c3cccc(S(=O)(=O)N4CCNC(=O)C4)c3)CC2)cs1. The van der Waals surface area contributed by atoms with Gasteiger partial charge in [-0.2, -0.15) is 4.31 Å². The van der Waals surface area contributed by atoms with Crippen LogP contribution in [-0.4, -0.2) is 85.1 Å². The van der Waals surface area contributed by atoms with Crippen molar-refractivity contribution in [1.82, 2.24) is 24.4 Å². The Labute approximate surface area is 185 Å². The molecule has 4 rings (SSSR count). The summed E-state index contributed by atoms with van der Waals surface area (Å²) < 4.78 is 27.0. The van der Waals surface area contributed by atoms with Gasteiger partial charge in [-0.3, -0.25) is 14.5 Å². The number of carbonyl (C=O) groups excluding carboxylic acids is 2. The van der Waals surface area contributed by atoms with E-state index in [1.54, 1.807) is 28.4 Å². The number of benzene rings is 1. The van der Waals surface area contributed by atoms with E-state index in [1.807, 2.05) is 6.92 Å². The molecule has 2 amide bonds. The maximum Gasteiger partial charge on any atom is 0.253 e. The van der Waals surface area contributed by atoms with Crippen LogP contribution in [0.25, 0.3) is 0 Å². The van der Waals surface area contributed by atoms with Crippen LogP contribution in [0.5, 0.6) is 0 Å². The molecule has 0 spiro atoms. The molecule has 11 heteroatoms. The molecule has 0 atom stereocenters. The molecule has 2 aliphatic heterocycles. The number of thiazole rings is 1. The molecule has 2 fully saturated rings. The van der Waals surface area contributed by atoms with E-state index in [4.69, 9.17) is 0 Å². The number of nitrogens with zero attached hydrogens (tertiary/aromatic N) is 4. The lowest BCUT2D eigenvalue weighted by Gasteiger charge is -2.34. The minimum absolute atomic E-state index is 0.0330. The van der Waals surface area contributed by atoms with Gasteiger partial charge in [-0.15, -0.1) is 11.3 Å². The van der Waals surface area contributed by atoms with Crippen molar-refractivity contribution in [2.24, 2.45) is 0 Å². The molecule has 0 aliphatic carbocycles. The molecule has 0 unspecified atom stereocenters. The fraction of sp³-hybridized carbons (Fsp3) is 0.450. The molecular weight excluding hydrogens is 438 g/mol. The number of hydrogen-bond donors (Lipinski definition) is 1. The number of amides is 2. The first-order chi connectivity index (χ1) is 14.8. The summed E-state index contributed by atoms with van der Waals surface area (Å²) in [5.41, 5.74) is 1.39. The molecule has 2 aliphatic rings. The number of aryl methyl sites for hydroxylation is 1. The van der Waals surface area contributed by atoms with E-state index in [-0.39, 0.29) is 36.3 Å². The van der Waals surface area contributed by atoms with Crippen molar-refractivity contribution >= 4 is 33.2 Å². The summed E-state index contributed by atoms with van der Waals surface area (Å²) in [7, 11) is -3.84. The molecule has 31 heavy (non-hydrogen) atoms. The maximum absolute atomic E-state index is 13.0. The fourth-order valence-electron chi connectivity index (χ4n) is 3.76. The Kier molecular flexibility index (Phi) is 6.37. The minimum atomic E-state index is -3.84. The number of hydrogen-bond acceptors (Lipinski definition) is 7. The highest BCUT2D eigenvalue weighted by molar-refractivity contribution is 7.89. The van der Waals surface area contributed by atoms with Crippen molar-refractivity contribution in [2.45, 2.75) is 18.4 Å². The number of aromatic nitrogens is 1. The average Bonchev–Trinajstić information content (AvgIpc) is 3.18. The van der Waals surface area contributed by atoms with Gasteiger partial charge in [0.05, 0.1) is 22.1 Å². The zero-order valence-corrected chi connectivity index (χ0v) is 18.9. The van der Waals surface area contributed by atoms with Crippen LogP contribution >= 0.6 is 11.3 Å². The summed E-state index contributed by atoms with van der Waals surface area (Å²) in [6.45, 7) is 5.67. The number of rotatable bonds is 5. The lowest BCUT2D eigenvalue weighted by Crippen LogP contribution is -2.50. The van der Waals surface area contributed by atoms with Crippen molar-refractivity contribution in [1.29, 1.82) is 0 Å². The lowest BCUT2D eigenvalue weighted by molar-refractivity contribution is -0.122. The monoisotopic (exact) mass is 463 g/mol. The summed E-state index contributed by atoms with van der Waals surface area (Å²) in [4.78, 5) is 33.1. The molecule has 3 heterocycles. The van der Waals surface area contributed by atoms with Crippen LogP contribution in [-0.2, 0) is 21.4 Å². The first-order valence-corrected chi connectivity index (χ1v) is 12.4. The van der Waals surface area contributed by atoms with Crippen LogP contribution in [0, 0.1) is 6.92 Å². The summed E-state index contributed by atoms with van der Waals surface area (Å²) in [6, 6.07) is 6.08. The van der Waals surface area contributed by atoms with E-state index in [1.165, 1.54) is 12.1 Å². The number of sulfonamides is 1. The summed E-state index contributed by atoms with van der Waals surface area (Å²) >= 11 is 1.63. The van der Waals surface area contributed by atoms with E-state index < -0.39 is 10.0 Å². The third-order valence-electron chi connectivity index (χ3n) is 5.43. The van der Waals surface area contributed by atoms with Gasteiger partial charge in [0.25, 0.3) is 5.91 Å². The molecule has 0 saturated carbocycles. The highest BCUT2D eigenvalue weighted by Crippen LogP contribution is 2.20. The van der Waals surface area contributed by atoms with Crippen LogP contribution < -0.4 is 5.32 Å². The topological polar surface area (TPSA) is 103 Å². The second-order valence-corrected chi connectivity index (χ2v) is 10.6. The Balaban J connectivity index is 1.41. The molecule has 2 saturated heterocycles. The van der Waals surface area contributed by atoms with Gasteiger partial charge in [0.15, 0.2) is 0 Å². The van der Waals surface area contributed by atoms with Crippen LogP contribution in [0.4, 0.5) is 0 Å². The molecule has 1 aromatic heterocycles. The fourth-order valence-corrected chi connectivity index (χ4v) is 5.81. The van der Waals surface area contributed by atoms with Gasteiger partial charge in [-0.1, -0.05) is 6.07 Å². The zero-order chi connectivity index (χ0) is 22.0. The molecule has 1 aromatic carbocycles. The van der Waals surface area contributed by atoms with Crippen molar-refractivity contribution in [3.8, 4) is 0 Å². The Hall–Kier alpha value is -2.34. The van der Waals surface area contributed by atoms with Gasteiger partial charge in [0, 0.05) is 56.8 Å². The molecular formula is C20H25N5O4S2. The number of nitrogens with one attached hydrogen (secondary N) is 1. The first-order valence-electron chi connectivity index (χ1n) is 10.1. The van der Waals surface area contributed by atoms with Crippen LogP contribution in [0.3, 0.4) is 0 Å². The van der Waals surface area contributed by atoms with Crippen molar-refractivity contribution in [3.63, 3.8) is 0 Å². The maximum atomic E-state index is 13.0. The van der Waals surface area contributed by atoms with Gasteiger partial charge in [-0.25, -0.2) is 13.4 Å². The van der Waals surface area contributed by atoms with Crippen molar-refractivity contribution in [3.05, 3.63) is 45.9 Å². The normalized spacial score (nSPS) is 18.7. The summed E-state index contributed by atoms with van der Waals surface area (Å²) in [5.74, 6) is -0.509. The van der Waals surface area contributed by atoms with Crippen molar-refractivity contribution in [2.75, 3.05) is 45.8 Å². The third kappa shape index (κ3) is 4.95. The van der Waals surface area contributed by atoms with E-state index >= 15 is 0 Å². The summed E-state index contributed by atoms with van der Waals surface area (Å²) in [6.07, 6.45) is 0. The minimum Gasteiger partial charge on any atom is -0.354 e. The quantitative estimate of drug-likeness (QED) is 0.694. The Morgan fingerprint density at radius 1 is 1.19 bits per heavy atom. The smallest absolute Gasteiger partial charge is 0.253 e. The van der Waals surface area contributed by atoms with Gasteiger partial charge < -0.3 is 10.2 Å². The van der Waals surface area contributed by atoms with E-state index in [9.17, 15) is 18.0 Å². The van der Waals surface area contributed by atoms with Gasteiger partial charge >= 0.3 is 0 Å². The number of carbonyl (C=O) groups is 2. The van der Waals surface area contributed by atoms with Crippen LogP contribution in [0.2, 0.25) is 0 Å². The predicted octanol–water partition coefficient (Wildman–Crippen LogP) is 0.530. The Morgan fingerprint density at radius 3 is 2.65 bits per heavy atom. The van der Waals surface area contributed by atoms with Crippen LogP contribution in [0.15, 0.2) is 34.5 Å². The van der Waals surface area contributed by atoms with Crippen LogP contribution in [0.1, 0.15) is 21.1 Å².